The SMILES string of the molecule is N#CCNC(=O)C(CC1CCCCC1)NC(=O)c1ccc(F)cc1F. The highest BCUT2D eigenvalue weighted by Gasteiger charge is 2.27. The van der Waals surface area contributed by atoms with E-state index in [9.17, 15) is 18.4 Å². The van der Waals surface area contributed by atoms with Crippen molar-refractivity contribution >= 4 is 11.8 Å². The van der Waals surface area contributed by atoms with Crippen LogP contribution in [-0.2, 0) is 4.79 Å². The number of hydrogen-bond donors (Lipinski definition) is 2. The molecule has 0 bridgehead atoms. The van der Waals surface area contributed by atoms with E-state index in [1.165, 1.54) is 0 Å². The molecule has 1 aliphatic carbocycles. The van der Waals surface area contributed by atoms with Crippen LogP contribution in [0, 0.1) is 28.9 Å². The zero-order valence-electron chi connectivity index (χ0n) is 13.9. The summed E-state index contributed by atoms with van der Waals surface area (Å²) >= 11 is 0. The van der Waals surface area contributed by atoms with E-state index in [1.54, 1.807) is 0 Å². The van der Waals surface area contributed by atoms with Crippen LogP contribution in [0.3, 0.4) is 0 Å². The molecule has 0 aliphatic heterocycles. The molecule has 0 radical (unpaired) electrons. The van der Waals surface area contributed by atoms with E-state index in [1.807, 2.05) is 6.07 Å². The van der Waals surface area contributed by atoms with Crippen molar-refractivity contribution in [1.82, 2.24) is 10.6 Å². The summed E-state index contributed by atoms with van der Waals surface area (Å²) in [5.74, 6) is -2.70. The van der Waals surface area contributed by atoms with E-state index in [-0.39, 0.29) is 12.1 Å². The maximum Gasteiger partial charge on any atom is 0.254 e. The Labute approximate surface area is 145 Å². The predicted octanol–water partition coefficient (Wildman–Crippen LogP) is 2.67. The number of nitrogens with one attached hydrogen (secondary N) is 2. The molecule has 1 aromatic carbocycles. The number of carbonyl (C=O) groups is 2. The van der Waals surface area contributed by atoms with Gasteiger partial charge in [0.2, 0.25) is 5.91 Å². The van der Waals surface area contributed by atoms with Gasteiger partial charge in [-0.2, -0.15) is 5.26 Å². The molecule has 0 aromatic heterocycles. The van der Waals surface area contributed by atoms with Crippen LogP contribution < -0.4 is 10.6 Å². The van der Waals surface area contributed by atoms with Crippen molar-refractivity contribution in [3.05, 3.63) is 35.4 Å². The zero-order chi connectivity index (χ0) is 18.2. The summed E-state index contributed by atoms with van der Waals surface area (Å²) < 4.78 is 26.8. The number of rotatable bonds is 6. The molecule has 1 fully saturated rings. The molecule has 5 nitrogen and oxygen atoms in total. The van der Waals surface area contributed by atoms with E-state index >= 15 is 0 Å². The second kappa shape index (κ2) is 9.11. The molecule has 0 heterocycles. The van der Waals surface area contributed by atoms with Crippen LogP contribution >= 0.6 is 0 Å². The number of benzene rings is 1. The Kier molecular flexibility index (Phi) is 6.87. The second-order valence-electron chi connectivity index (χ2n) is 6.27. The molecule has 2 rings (SSSR count). The van der Waals surface area contributed by atoms with Gasteiger partial charge in [0.15, 0.2) is 0 Å². The van der Waals surface area contributed by atoms with Crippen LogP contribution in [0.5, 0.6) is 0 Å². The first-order valence-corrected chi connectivity index (χ1v) is 8.42. The lowest BCUT2D eigenvalue weighted by Gasteiger charge is -2.26. The quantitative estimate of drug-likeness (QED) is 0.775. The molecule has 134 valence electrons. The fourth-order valence-corrected chi connectivity index (χ4v) is 3.15. The van der Waals surface area contributed by atoms with Gasteiger partial charge in [0, 0.05) is 6.07 Å². The summed E-state index contributed by atoms with van der Waals surface area (Å²) in [6, 6.07) is 3.62. The molecule has 25 heavy (non-hydrogen) atoms. The number of amides is 2. The minimum Gasteiger partial charge on any atom is -0.341 e. The van der Waals surface area contributed by atoms with Crippen LogP contribution in [0.4, 0.5) is 8.78 Å². The summed E-state index contributed by atoms with van der Waals surface area (Å²) in [7, 11) is 0. The third kappa shape index (κ3) is 5.52. The van der Waals surface area contributed by atoms with Crippen molar-refractivity contribution in [1.29, 1.82) is 5.26 Å². The Morgan fingerprint density at radius 2 is 1.96 bits per heavy atom. The van der Waals surface area contributed by atoms with Gasteiger partial charge in [-0.15, -0.1) is 0 Å². The van der Waals surface area contributed by atoms with Crippen molar-refractivity contribution in [2.75, 3.05) is 6.54 Å². The maximum absolute atomic E-state index is 13.8. The van der Waals surface area contributed by atoms with E-state index in [0.717, 1.165) is 44.2 Å². The largest absolute Gasteiger partial charge is 0.341 e. The lowest BCUT2D eigenvalue weighted by atomic mass is 9.84. The average molecular weight is 349 g/mol. The topological polar surface area (TPSA) is 82.0 Å². The van der Waals surface area contributed by atoms with Crippen molar-refractivity contribution in [3.8, 4) is 6.07 Å². The average Bonchev–Trinajstić information content (AvgIpc) is 2.59. The van der Waals surface area contributed by atoms with Crippen molar-refractivity contribution in [3.63, 3.8) is 0 Å². The van der Waals surface area contributed by atoms with Gasteiger partial charge in [-0.25, -0.2) is 8.78 Å². The smallest absolute Gasteiger partial charge is 0.254 e. The lowest BCUT2D eigenvalue weighted by molar-refractivity contribution is -0.123. The molecule has 1 aromatic rings. The second-order valence-corrected chi connectivity index (χ2v) is 6.27. The van der Waals surface area contributed by atoms with Crippen LogP contribution in [-0.4, -0.2) is 24.4 Å². The van der Waals surface area contributed by atoms with Gasteiger partial charge in [-0.05, 0) is 24.5 Å². The van der Waals surface area contributed by atoms with Crippen LogP contribution in [0.1, 0.15) is 48.9 Å². The molecule has 2 amide bonds. The highest BCUT2D eigenvalue weighted by Crippen LogP contribution is 2.27. The van der Waals surface area contributed by atoms with Gasteiger partial charge in [0.1, 0.15) is 24.2 Å². The van der Waals surface area contributed by atoms with Gasteiger partial charge in [-0.3, -0.25) is 9.59 Å². The summed E-state index contributed by atoms with van der Waals surface area (Å²) in [5, 5.41) is 13.6. The molecule has 1 atom stereocenters. The zero-order valence-corrected chi connectivity index (χ0v) is 13.9. The molecule has 1 saturated carbocycles. The third-order valence-corrected chi connectivity index (χ3v) is 4.43. The number of carbonyl (C=O) groups excluding carboxylic acids is 2. The Bertz CT molecular complexity index is 667. The molecular weight excluding hydrogens is 328 g/mol. The van der Waals surface area contributed by atoms with Gasteiger partial charge in [0.25, 0.3) is 5.91 Å². The van der Waals surface area contributed by atoms with Gasteiger partial charge in [0.05, 0.1) is 11.6 Å². The monoisotopic (exact) mass is 349 g/mol. The van der Waals surface area contributed by atoms with E-state index in [2.05, 4.69) is 10.6 Å². The Morgan fingerprint density at radius 3 is 2.60 bits per heavy atom. The summed E-state index contributed by atoms with van der Waals surface area (Å²) in [5.41, 5.74) is -0.317. The van der Waals surface area contributed by atoms with Crippen molar-refractivity contribution in [2.45, 2.75) is 44.6 Å². The standard InChI is InChI=1S/C18H21F2N3O2/c19-13-6-7-14(15(20)11-13)17(24)23-16(18(25)22-9-8-21)10-12-4-2-1-3-5-12/h6-7,11-12,16H,1-5,9-10H2,(H,22,25)(H,23,24). The first-order chi connectivity index (χ1) is 12.0. The summed E-state index contributed by atoms with van der Waals surface area (Å²) in [4.78, 5) is 24.5. The molecule has 0 saturated heterocycles. The Balaban J connectivity index is 2.09. The number of hydrogen-bond acceptors (Lipinski definition) is 3. The fraction of sp³-hybridized carbons (Fsp3) is 0.500. The van der Waals surface area contributed by atoms with Crippen LogP contribution in [0.15, 0.2) is 18.2 Å². The van der Waals surface area contributed by atoms with Crippen LogP contribution in [0.2, 0.25) is 0 Å². The maximum atomic E-state index is 13.8. The predicted molar refractivity (Wildman–Crippen MR) is 87.4 cm³/mol. The molecule has 1 unspecified atom stereocenters. The van der Waals surface area contributed by atoms with E-state index in [0.29, 0.717) is 18.4 Å². The summed E-state index contributed by atoms with van der Waals surface area (Å²) in [6.07, 6.45) is 5.71. The highest BCUT2D eigenvalue weighted by molar-refractivity contribution is 5.97. The van der Waals surface area contributed by atoms with Crippen molar-refractivity contribution < 1.29 is 18.4 Å². The Hall–Kier alpha value is -2.49. The minimum absolute atomic E-state index is 0.166. The number of nitrogens with zero attached hydrogens (tertiary/aromatic N) is 1. The lowest BCUT2D eigenvalue weighted by Crippen LogP contribution is -2.48. The molecule has 7 heteroatoms. The normalized spacial score (nSPS) is 15.9. The van der Waals surface area contributed by atoms with E-state index < -0.39 is 29.5 Å². The van der Waals surface area contributed by atoms with Gasteiger partial charge < -0.3 is 10.6 Å². The minimum atomic E-state index is -0.980. The van der Waals surface area contributed by atoms with Gasteiger partial charge >= 0.3 is 0 Å². The molecule has 1 aliphatic rings. The molecular formula is C18H21F2N3O2. The molecule has 0 spiro atoms. The number of nitriles is 1. The summed E-state index contributed by atoms with van der Waals surface area (Å²) in [6.45, 7) is -0.166. The fourth-order valence-electron chi connectivity index (χ4n) is 3.15. The molecule has 2 N–H and O–H groups in total. The van der Waals surface area contributed by atoms with Crippen molar-refractivity contribution in [2.24, 2.45) is 5.92 Å². The van der Waals surface area contributed by atoms with Crippen LogP contribution in [0.25, 0.3) is 0 Å². The van der Waals surface area contributed by atoms with Gasteiger partial charge in [-0.1, -0.05) is 32.1 Å². The van der Waals surface area contributed by atoms with E-state index in [4.69, 9.17) is 5.26 Å². The first kappa shape index (κ1) is 18.8. The first-order valence-electron chi connectivity index (χ1n) is 8.42. The third-order valence-electron chi connectivity index (χ3n) is 4.43. The number of halogens is 2. The highest BCUT2D eigenvalue weighted by atomic mass is 19.1. The Morgan fingerprint density at radius 1 is 1.24 bits per heavy atom.